The van der Waals surface area contributed by atoms with Gasteiger partial charge < -0.3 is 5.32 Å². The molecule has 0 spiro atoms. The number of thiophene rings is 1. The lowest BCUT2D eigenvalue weighted by molar-refractivity contribution is 0.603. The number of hydrogen-bond acceptors (Lipinski definition) is 6. The van der Waals surface area contributed by atoms with Crippen LogP contribution in [0.2, 0.25) is 0 Å². The van der Waals surface area contributed by atoms with Gasteiger partial charge in [0.25, 0.3) is 10.0 Å². The molecule has 4 rings (SSSR count). The highest BCUT2D eigenvalue weighted by atomic mass is 32.2. The summed E-state index contributed by atoms with van der Waals surface area (Å²) < 4.78 is 28.2. The van der Waals surface area contributed by atoms with Crippen LogP contribution in [-0.2, 0) is 16.4 Å². The molecule has 0 aliphatic heterocycles. The fourth-order valence-corrected chi connectivity index (χ4v) is 4.71. The molecule has 0 atom stereocenters. The number of fused-ring (bicyclic) bond motifs is 1. The van der Waals surface area contributed by atoms with E-state index in [1.165, 1.54) is 5.56 Å². The summed E-state index contributed by atoms with van der Waals surface area (Å²) in [6, 6.07) is 18.5. The zero-order valence-corrected chi connectivity index (χ0v) is 16.7. The molecule has 0 amide bonds. The van der Waals surface area contributed by atoms with Crippen molar-refractivity contribution in [1.82, 2.24) is 9.97 Å². The Labute approximate surface area is 167 Å². The SMILES string of the molecule is CCc1ccc(Nc2nc3ccccc3nc2NS(=O)(=O)c2cccs2)cc1. The number of benzene rings is 2. The van der Waals surface area contributed by atoms with Crippen molar-refractivity contribution in [3.63, 3.8) is 0 Å². The molecule has 28 heavy (non-hydrogen) atoms. The molecule has 0 fully saturated rings. The molecule has 4 aromatic rings. The minimum Gasteiger partial charge on any atom is -0.337 e. The highest BCUT2D eigenvalue weighted by Gasteiger charge is 2.19. The smallest absolute Gasteiger partial charge is 0.272 e. The first-order chi connectivity index (χ1) is 13.5. The van der Waals surface area contributed by atoms with E-state index in [2.05, 4.69) is 26.9 Å². The van der Waals surface area contributed by atoms with Crippen molar-refractivity contribution < 1.29 is 8.42 Å². The second kappa shape index (κ2) is 7.57. The summed E-state index contributed by atoms with van der Waals surface area (Å²) in [5.41, 5.74) is 3.31. The average molecular weight is 411 g/mol. The third-order valence-corrected chi connectivity index (χ3v) is 6.92. The molecule has 2 aromatic heterocycles. The van der Waals surface area contributed by atoms with Crippen molar-refractivity contribution in [2.24, 2.45) is 0 Å². The molecule has 8 heteroatoms. The van der Waals surface area contributed by atoms with Gasteiger partial charge in [-0.3, -0.25) is 4.72 Å². The minimum atomic E-state index is -3.74. The number of nitrogens with zero attached hydrogens (tertiary/aromatic N) is 2. The molecule has 0 aliphatic rings. The molecule has 0 bridgehead atoms. The third kappa shape index (κ3) is 3.83. The summed E-state index contributed by atoms with van der Waals surface area (Å²) in [5, 5.41) is 4.90. The normalized spacial score (nSPS) is 11.5. The van der Waals surface area contributed by atoms with Crippen molar-refractivity contribution in [2.45, 2.75) is 17.6 Å². The molecule has 0 saturated heterocycles. The molecule has 142 valence electrons. The largest absolute Gasteiger partial charge is 0.337 e. The predicted molar refractivity (Wildman–Crippen MR) is 114 cm³/mol. The Kier molecular flexibility index (Phi) is 4.97. The van der Waals surface area contributed by atoms with Crippen molar-refractivity contribution in [1.29, 1.82) is 0 Å². The monoisotopic (exact) mass is 410 g/mol. The first-order valence-corrected chi connectivity index (χ1v) is 11.1. The molecule has 2 N–H and O–H groups in total. The molecule has 0 aliphatic carbocycles. The zero-order valence-electron chi connectivity index (χ0n) is 15.1. The number of aromatic nitrogens is 2. The van der Waals surface area contributed by atoms with Crippen LogP contribution in [0.1, 0.15) is 12.5 Å². The molecule has 2 aromatic carbocycles. The first-order valence-electron chi connectivity index (χ1n) is 8.74. The van der Waals surface area contributed by atoms with E-state index >= 15 is 0 Å². The molecular formula is C20H18N4O2S2. The summed E-state index contributed by atoms with van der Waals surface area (Å²) >= 11 is 1.15. The average Bonchev–Trinajstić information content (AvgIpc) is 3.25. The van der Waals surface area contributed by atoms with Gasteiger partial charge in [0, 0.05) is 5.69 Å². The molecular weight excluding hydrogens is 392 g/mol. The number of sulfonamides is 1. The van der Waals surface area contributed by atoms with E-state index in [1.807, 2.05) is 42.5 Å². The number of hydrogen-bond donors (Lipinski definition) is 2. The van der Waals surface area contributed by atoms with E-state index in [0.717, 1.165) is 23.4 Å². The van der Waals surface area contributed by atoms with E-state index in [4.69, 9.17) is 0 Å². The lowest BCUT2D eigenvalue weighted by atomic mass is 10.1. The Morgan fingerprint density at radius 1 is 0.893 bits per heavy atom. The van der Waals surface area contributed by atoms with Crippen LogP contribution >= 0.6 is 11.3 Å². The van der Waals surface area contributed by atoms with Crippen LogP contribution in [0.5, 0.6) is 0 Å². The molecule has 6 nitrogen and oxygen atoms in total. The Morgan fingerprint density at radius 3 is 2.18 bits per heavy atom. The van der Waals surface area contributed by atoms with Gasteiger partial charge in [0.2, 0.25) is 0 Å². The standard InChI is InChI=1S/C20H18N4O2S2/c1-2-14-9-11-15(12-10-14)21-19-20(23-17-7-4-3-6-16(17)22-19)24-28(25,26)18-8-5-13-27-18/h3-13H,2H2,1H3,(H,21,22)(H,23,24). The van der Waals surface area contributed by atoms with Crippen LogP contribution in [0.25, 0.3) is 11.0 Å². The van der Waals surface area contributed by atoms with Gasteiger partial charge in [0.1, 0.15) is 4.21 Å². The Balaban J connectivity index is 1.75. The number of rotatable bonds is 6. The highest BCUT2D eigenvalue weighted by molar-refractivity contribution is 7.94. The van der Waals surface area contributed by atoms with E-state index < -0.39 is 10.0 Å². The topological polar surface area (TPSA) is 84.0 Å². The number of nitrogens with one attached hydrogen (secondary N) is 2. The van der Waals surface area contributed by atoms with Crippen molar-refractivity contribution in [3.8, 4) is 0 Å². The second-order valence-electron chi connectivity index (χ2n) is 6.12. The van der Waals surface area contributed by atoms with E-state index in [0.29, 0.717) is 16.9 Å². The van der Waals surface area contributed by atoms with Gasteiger partial charge in [0.15, 0.2) is 11.6 Å². The van der Waals surface area contributed by atoms with E-state index in [9.17, 15) is 8.42 Å². The van der Waals surface area contributed by atoms with Gasteiger partial charge in [-0.25, -0.2) is 18.4 Å². The van der Waals surface area contributed by atoms with E-state index in [-0.39, 0.29) is 10.0 Å². The number of para-hydroxylation sites is 2. The Hall–Kier alpha value is -2.97. The molecule has 0 saturated carbocycles. The van der Waals surface area contributed by atoms with Gasteiger partial charge in [-0.1, -0.05) is 37.3 Å². The molecule has 0 radical (unpaired) electrons. The minimum absolute atomic E-state index is 0.159. The lowest BCUT2D eigenvalue weighted by Gasteiger charge is -2.13. The van der Waals surface area contributed by atoms with Crippen molar-refractivity contribution >= 4 is 49.7 Å². The van der Waals surface area contributed by atoms with Crippen LogP contribution in [0.15, 0.2) is 70.3 Å². The zero-order chi connectivity index (χ0) is 19.6. The molecule has 0 unspecified atom stereocenters. The van der Waals surface area contributed by atoms with Crippen LogP contribution in [-0.4, -0.2) is 18.4 Å². The van der Waals surface area contributed by atoms with Crippen molar-refractivity contribution in [3.05, 3.63) is 71.6 Å². The fourth-order valence-electron chi connectivity index (χ4n) is 2.71. The van der Waals surface area contributed by atoms with Crippen LogP contribution in [0, 0.1) is 0 Å². The molecule has 2 heterocycles. The second-order valence-corrected chi connectivity index (χ2v) is 8.98. The van der Waals surface area contributed by atoms with Gasteiger partial charge in [-0.15, -0.1) is 11.3 Å². The lowest BCUT2D eigenvalue weighted by Crippen LogP contribution is -2.15. The summed E-state index contributed by atoms with van der Waals surface area (Å²) in [6.45, 7) is 2.09. The van der Waals surface area contributed by atoms with Crippen molar-refractivity contribution in [2.75, 3.05) is 10.0 Å². The van der Waals surface area contributed by atoms with Crippen LogP contribution < -0.4 is 10.0 Å². The van der Waals surface area contributed by atoms with Gasteiger partial charge in [-0.2, -0.15) is 0 Å². The Bertz CT molecular complexity index is 1200. The summed E-state index contributed by atoms with van der Waals surface area (Å²) in [5.74, 6) is 0.509. The number of aryl methyl sites for hydroxylation is 1. The number of anilines is 3. The van der Waals surface area contributed by atoms with E-state index in [1.54, 1.807) is 23.6 Å². The van der Waals surface area contributed by atoms with Gasteiger partial charge in [0.05, 0.1) is 11.0 Å². The quantitative estimate of drug-likeness (QED) is 0.477. The Morgan fingerprint density at radius 2 is 1.57 bits per heavy atom. The maximum atomic E-state index is 12.7. The summed E-state index contributed by atoms with van der Waals surface area (Å²) in [4.78, 5) is 9.07. The summed E-state index contributed by atoms with van der Waals surface area (Å²) in [6.07, 6.45) is 0.946. The highest BCUT2D eigenvalue weighted by Crippen LogP contribution is 2.28. The first kappa shape index (κ1) is 18.4. The maximum Gasteiger partial charge on any atom is 0.272 e. The van der Waals surface area contributed by atoms with Crippen LogP contribution in [0.3, 0.4) is 0 Å². The van der Waals surface area contributed by atoms with Gasteiger partial charge >= 0.3 is 0 Å². The maximum absolute atomic E-state index is 12.7. The van der Waals surface area contributed by atoms with Gasteiger partial charge in [-0.05, 0) is 47.7 Å². The fraction of sp³-hybridized carbons (Fsp3) is 0.100. The third-order valence-electron chi connectivity index (χ3n) is 4.19. The summed E-state index contributed by atoms with van der Waals surface area (Å²) in [7, 11) is -3.74. The van der Waals surface area contributed by atoms with Crippen LogP contribution in [0.4, 0.5) is 17.3 Å². The predicted octanol–water partition coefficient (Wildman–Crippen LogP) is 4.80.